The van der Waals surface area contributed by atoms with E-state index in [0.717, 1.165) is 46.7 Å². The average molecular weight is 631 g/mol. The van der Waals surface area contributed by atoms with Gasteiger partial charge in [-0.15, -0.1) is 0 Å². The topological polar surface area (TPSA) is 86.8 Å². The Bertz CT molecular complexity index is 1490. The third kappa shape index (κ3) is 7.85. The van der Waals surface area contributed by atoms with Gasteiger partial charge in [0, 0.05) is 22.6 Å². The Kier molecular flexibility index (Phi) is 10.6. The van der Waals surface area contributed by atoms with E-state index in [1.807, 2.05) is 45.0 Å². The van der Waals surface area contributed by atoms with Crippen LogP contribution in [0.1, 0.15) is 55.7 Å². The molecule has 10 heteroatoms. The van der Waals surface area contributed by atoms with Gasteiger partial charge in [-0.25, -0.2) is 8.42 Å². The van der Waals surface area contributed by atoms with Crippen LogP contribution in [0.25, 0.3) is 0 Å². The largest absolute Gasteiger partial charge is 0.352 e. The molecule has 1 aliphatic rings. The summed E-state index contributed by atoms with van der Waals surface area (Å²) in [6.07, 6.45) is 4.30. The maximum absolute atomic E-state index is 14.2. The number of rotatable bonds is 11. The standard InChI is InChI=1S/C32H37Cl2N3O4S/c1-4-30(32(39)35-27-7-5-6-8-27)36(20-24-13-9-22(2)10-14-24)31(38)21-37(28-18-25(33)17-26(34)19-28)42(40,41)29-15-11-23(3)12-16-29/h9-19,27,30H,4-8,20-21H2,1-3H3,(H,35,39)/t30-/m1/s1. The van der Waals surface area contributed by atoms with Gasteiger partial charge in [-0.3, -0.25) is 13.9 Å². The molecule has 1 atom stereocenters. The van der Waals surface area contributed by atoms with Gasteiger partial charge in [0.2, 0.25) is 11.8 Å². The Labute approximate surface area is 258 Å². The number of benzene rings is 3. The summed E-state index contributed by atoms with van der Waals surface area (Å²) in [4.78, 5) is 29.3. The molecule has 3 aromatic carbocycles. The van der Waals surface area contributed by atoms with Crippen molar-refractivity contribution < 1.29 is 18.0 Å². The smallest absolute Gasteiger partial charge is 0.264 e. The summed E-state index contributed by atoms with van der Waals surface area (Å²) in [5.41, 5.74) is 2.95. The van der Waals surface area contributed by atoms with Gasteiger partial charge in [0.25, 0.3) is 10.0 Å². The van der Waals surface area contributed by atoms with Crippen LogP contribution in [-0.4, -0.2) is 43.8 Å². The minimum atomic E-state index is -4.21. The molecule has 1 fully saturated rings. The van der Waals surface area contributed by atoms with Crippen LogP contribution in [0.2, 0.25) is 10.0 Å². The molecule has 3 aromatic rings. The zero-order valence-electron chi connectivity index (χ0n) is 24.1. The van der Waals surface area contributed by atoms with E-state index in [1.54, 1.807) is 12.1 Å². The Balaban J connectivity index is 1.73. The lowest BCUT2D eigenvalue weighted by Crippen LogP contribution is -2.53. The fourth-order valence-corrected chi connectivity index (χ4v) is 7.14. The number of nitrogens with one attached hydrogen (secondary N) is 1. The van der Waals surface area contributed by atoms with Crippen LogP contribution in [0.5, 0.6) is 0 Å². The van der Waals surface area contributed by atoms with E-state index < -0.39 is 28.5 Å². The molecule has 42 heavy (non-hydrogen) atoms. The van der Waals surface area contributed by atoms with Crippen LogP contribution in [0.15, 0.2) is 71.6 Å². The third-order valence-corrected chi connectivity index (χ3v) is 9.81. The van der Waals surface area contributed by atoms with Crippen LogP contribution in [0, 0.1) is 13.8 Å². The molecule has 0 radical (unpaired) electrons. The SMILES string of the molecule is CC[C@H](C(=O)NC1CCCC1)N(Cc1ccc(C)cc1)C(=O)CN(c1cc(Cl)cc(Cl)c1)S(=O)(=O)c1ccc(C)cc1. The molecule has 4 rings (SSSR count). The van der Waals surface area contributed by atoms with E-state index in [9.17, 15) is 18.0 Å². The van der Waals surface area contributed by atoms with Crippen LogP contribution in [0.4, 0.5) is 5.69 Å². The third-order valence-electron chi connectivity index (χ3n) is 7.58. The zero-order chi connectivity index (χ0) is 30.4. The van der Waals surface area contributed by atoms with Crippen LogP contribution >= 0.6 is 23.2 Å². The van der Waals surface area contributed by atoms with Gasteiger partial charge in [0.05, 0.1) is 10.6 Å². The van der Waals surface area contributed by atoms with Gasteiger partial charge in [-0.05, 0) is 69.0 Å². The summed E-state index contributed by atoms with van der Waals surface area (Å²) in [6, 6.07) is 17.8. The second-order valence-corrected chi connectivity index (χ2v) is 13.6. The van der Waals surface area contributed by atoms with Gasteiger partial charge in [-0.2, -0.15) is 0 Å². The quantitative estimate of drug-likeness (QED) is 0.256. The zero-order valence-corrected chi connectivity index (χ0v) is 26.5. The number of nitrogens with zero attached hydrogens (tertiary/aromatic N) is 2. The van der Waals surface area contributed by atoms with Crippen molar-refractivity contribution in [2.24, 2.45) is 0 Å². The minimum absolute atomic E-state index is 0.0214. The number of aryl methyl sites for hydroxylation is 2. The first-order valence-electron chi connectivity index (χ1n) is 14.2. The summed E-state index contributed by atoms with van der Waals surface area (Å²) in [6.45, 7) is 5.28. The molecule has 2 amide bonds. The summed E-state index contributed by atoms with van der Waals surface area (Å²) < 4.78 is 29.0. The first kappa shape index (κ1) is 31.9. The number of carbonyl (C=O) groups is 2. The van der Waals surface area contributed by atoms with Gasteiger partial charge >= 0.3 is 0 Å². The minimum Gasteiger partial charge on any atom is -0.352 e. The summed E-state index contributed by atoms with van der Waals surface area (Å²) in [5, 5.41) is 3.58. The molecule has 0 bridgehead atoms. The molecule has 224 valence electrons. The number of carbonyl (C=O) groups excluding carboxylic acids is 2. The second-order valence-electron chi connectivity index (χ2n) is 10.9. The number of hydrogen-bond acceptors (Lipinski definition) is 4. The van der Waals surface area contributed by atoms with E-state index in [0.29, 0.717) is 6.42 Å². The molecule has 0 saturated heterocycles. The maximum atomic E-state index is 14.2. The summed E-state index contributed by atoms with van der Waals surface area (Å²) in [7, 11) is -4.21. The Morgan fingerprint density at radius 1 is 0.905 bits per heavy atom. The Morgan fingerprint density at radius 3 is 2.00 bits per heavy atom. The van der Waals surface area contributed by atoms with Gasteiger partial charge in [0.15, 0.2) is 0 Å². The molecule has 0 aliphatic heterocycles. The number of hydrogen-bond donors (Lipinski definition) is 1. The predicted molar refractivity (Wildman–Crippen MR) is 168 cm³/mol. The molecular weight excluding hydrogens is 593 g/mol. The molecule has 0 unspecified atom stereocenters. The molecule has 0 heterocycles. The Hall–Kier alpha value is -3.07. The van der Waals surface area contributed by atoms with Gasteiger partial charge in [0.1, 0.15) is 12.6 Å². The molecule has 1 saturated carbocycles. The molecule has 0 aromatic heterocycles. The van der Waals surface area contributed by atoms with Crippen LogP contribution in [-0.2, 0) is 26.2 Å². The lowest BCUT2D eigenvalue weighted by Gasteiger charge is -2.34. The number of halogens is 2. The van der Waals surface area contributed by atoms with Crippen molar-refractivity contribution in [3.05, 3.63) is 93.5 Å². The lowest BCUT2D eigenvalue weighted by atomic mass is 10.1. The predicted octanol–water partition coefficient (Wildman–Crippen LogP) is 6.67. The van der Waals surface area contributed by atoms with Crippen molar-refractivity contribution in [2.75, 3.05) is 10.8 Å². The molecule has 1 aliphatic carbocycles. The van der Waals surface area contributed by atoms with Crippen molar-refractivity contribution in [2.45, 2.75) is 76.4 Å². The summed E-state index contributed by atoms with van der Waals surface area (Å²) in [5.74, 6) is -0.751. The highest BCUT2D eigenvalue weighted by molar-refractivity contribution is 7.92. The number of anilines is 1. The van der Waals surface area contributed by atoms with Crippen molar-refractivity contribution in [3.8, 4) is 0 Å². The van der Waals surface area contributed by atoms with Crippen molar-refractivity contribution in [1.29, 1.82) is 0 Å². The van der Waals surface area contributed by atoms with Crippen LogP contribution in [0.3, 0.4) is 0 Å². The molecular formula is C32H37Cl2N3O4S. The molecule has 0 spiro atoms. The van der Waals surface area contributed by atoms with Crippen molar-refractivity contribution in [3.63, 3.8) is 0 Å². The van der Waals surface area contributed by atoms with E-state index in [1.165, 1.54) is 35.2 Å². The van der Waals surface area contributed by atoms with E-state index in [-0.39, 0.29) is 39.1 Å². The van der Waals surface area contributed by atoms with Crippen molar-refractivity contribution >= 4 is 50.7 Å². The highest BCUT2D eigenvalue weighted by Gasteiger charge is 2.34. The average Bonchev–Trinajstić information content (AvgIpc) is 3.45. The normalized spacial score (nSPS) is 14.4. The van der Waals surface area contributed by atoms with Gasteiger partial charge < -0.3 is 10.2 Å². The fourth-order valence-electron chi connectivity index (χ4n) is 5.23. The monoisotopic (exact) mass is 629 g/mol. The highest BCUT2D eigenvalue weighted by Crippen LogP contribution is 2.30. The maximum Gasteiger partial charge on any atom is 0.264 e. The van der Waals surface area contributed by atoms with E-state index >= 15 is 0 Å². The Morgan fingerprint density at radius 2 is 1.45 bits per heavy atom. The van der Waals surface area contributed by atoms with Crippen molar-refractivity contribution in [1.82, 2.24) is 10.2 Å². The summed E-state index contributed by atoms with van der Waals surface area (Å²) >= 11 is 12.5. The fraction of sp³-hybridized carbons (Fsp3) is 0.375. The number of sulfonamides is 1. The number of amides is 2. The second kappa shape index (κ2) is 13.9. The van der Waals surface area contributed by atoms with Gasteiger partial charge in [-0.1, -0.05) is 90.5 Å². The first-order valence-corrected chi connectivity index (χ1v) is 16.4. The van der Waals surface area contributed by atoms with Crippen LogP contribution < -0.4 is 9.62 Å². The lowest BCUT2D eigenvalue weighted by molar-refractivity contribution is -0.140. The molecule has 7 nitrogen and oxygen atoms in total. The van der Waals surface area contributed by atoms with E-state index in [2.05, 4.69) is 5.32 Å². The first-order chi connectivity index (χ1) is 20.0. The highest BCUT2D eigenvalue weighted by atomic mass is 35.5. The van der Waals surface area contributed by atoms with E-state index in [4.69, 9.17) is 23.2 Å². The molecule has 1 N–H and O–H groups in total.